The maximum atomic E-state index is 5.05. The molecule has 4 nitrogen and oxygen atoms in total. The number of rotatable bonds is 4. The topological polar surface area (TPSA) is 55.6 Å². The fourth-order valence-electron chi connectivity index (χ4n) is 4.05. The van der Waals surface area contributed by atoms with E-state index < -0.39 is 0 Å². The summed E-state index contributed by atoms with van der Waals surface area (Å²) < 4.78 is 0.687. The SMILES string of the molecule is C=C1NC=C([C@@H](C)c2cccc(C)c2C)N1.Cc1cccc([C@@H](C)c2c[nH]c(=S)[nH]2)c1C. The molecule has 5 heteroatoms. The lowest BCUT2D eigenvalue weighted by atomic mass is 9.91. The molecule has 3 aromatic rings. The van der Waals surface area contributed by atoms with Gasteiger partial charge in [-0.05, 0) is 73.3 Å². The smallest absolute Gasteiger partial charge is 0.174 e. The summed E-state index contributed by atoms with van der Waals surface area (Å²) in [6.07, 6.45) is 3.95. The van der Waals surface area contributed by atoms with Crippen LogP contribution in [0.4, 0.5) is 0 Å². The molecule has 0 unspecified atom stereocenters. The molecule has 2 heterocycles. The maximum Gasteiger partial charge on any atom is 0.174 e. The predicted molar refractivity (Wildman–Crippen MR) is 137 cm³/mol. The van der Waals surface area contributed by atoms with Gasteiger partial charge in [-0.1, -0.05) is 56.8 Å². The highest BCUT2D eigenvalue weighted by molar-refractivity contribution is 7.71. The predicted octanol–water partition coefficient (Wildman–Crippen LogP) is 6.75. The Balaban J connectivity index is 0.000000181. The Labute approximate surface area is 196 Å². The third-order valence-corrected chi connectivity index (χ3v) is 6.69. The first-order valence-electron chi connectivity index (χ1n) is 11.0. The average molecular weight is 447 g/mol. The summed E-state index contributed by atoms with van der Waals surface area (Å²) in [6, 6.07) is 12.9. The number of H-pyrrole nitrogens is 2. The van der Waals surface area contributed by atoms with Crippen molar-refractivity contribution in [2.45, 2.75) is 53.4 Å². The summed E-state index contributed by atoms with van der Waals surface area (Å²) in [7, 11) is 0. The van der Waals surface area contributed by atoms with Gasteiger partial charge in [0.2, 0.25) is 0 Å². The Morgan fingerprint density at radius 1 is 0.844 bits per heavy atom. The second kappa shape index (κ2) is 10.0. The zero-order valence-corrected chi connectivity index (χ0v) is 20.7. The molecule has 0 aliphatic carbocycles. The van der Waals surface area contributed by atoms with Gasteiger partial charge in [0.1, 0.15) is 0 Å². The maximum absolute atomic E-state index is 5.05. The number of aromatic nitrogens is 2. The first-order valence-corrected chi connectivity index (χ1v) is 11.4. The van der Waals surface area contributed by atoms with Gasteiger partial charge in [-0.15, -0.1) is 0 Å². The van der Waals surface area contributed by atoms with Crippen molar-refractivity contribution in [1.82, 2.24) is 20.6 Å². The van der Waals surface area contributed by atoms with E-state index >= 15 is 0 Å². The van der Waals surface area contributed by atoms with Gasteiger partial charge in [0.25, 0.3) is 0 Å². The van der Waals surface area contributed by atoms with Crippen LogP contribution in [-0.2, 0) is 0 Å². The largest absolute Gasteiger partial charge is 0.347 e. The standard InChI is InChI=1S/C14H18N2.C13H16N2S/c1-9-6-5-7-13(10(9)2)11(3)14-8-15-12(4)16-14;1-8-5-4-6-11(9(8)2)10(3)12-7-14-13(16)15-12/h5-8,11,15-16H,4H2,1-3H3;4-7,10H,1-3H3,(H2,14,15,16)/t11-;10-/m01/s1. The highest BCUT2D eigenvalue weighted by atomic mass is 32.1. The third kappa shape index (κ3) is 5.22. The molecule has 0 saturated heterocycles. The summed E-state index contributed by atoms with van der Waals surface area (Å²) in [4.78, 5) is 6.19. The van der Waals surface area contributed by atoms with E-state index in [0.29, 0.717) is 16.6 Å². The molecule has 0 bridgehead atoms. The molecular formula is C27H34N4S. The number of hydrogen-bond acceptors (Lipinski definition) is 3. The van der Waals surface area contributed by atoms with E-state index in [9.17, 15) is 0 Å². The van der Waals surface area contributed by atoms with E-state index in [1.165, 1.54) is 39.1 Å². The lowest BCUT2D eigenvalue weighted by molar-refractivity contribution is 0.805. The van der Waals surface area contributed by atoms with Gasteiger partial charge < -0.3 is 20.6 Å². The fourth-order valence-corrected chi connectivity index (χ4v) is 4.22. The Morgan fingerprint density at radius 3 is 1.88 bits per heavy atom. The number of nitrogens with one attached hydrogen (secondary N) is 4. The highest BCUT2D eigenvalue weighted by Gasteiger charge is 2.17. The van der Waals surface area contributed by atoms with Crippen LogP contribution in [0.2, 0.25) is 0 Å². The van der Waals surface area contributed by atoms with Crippen LogP contribution >= 0.6 is 12.2 Å². The van der Waals surface area contributed by atoms with Gasteiger partial charge in [0, 0.05) is 35.6 Å². The minimum absolute atomic E-state index is 0.341. The molecule has 1 aliphatic heterocycles. The Hall–Kier alpha value is -3.05. The van der Waals surface area contributed by atoms with E-state index in [0.717, 1.165) is 11.5 Å². The van der Waals surface area contributed by atoms with E-state index in [4.69, 9.17) is 12.2 Å². The molecule has 168 valence electrons. The monoisotopic (exact) mass is 446 g/mol. The molecular weight excluding hydrogens is 412 g/mol. The molecule has 0 amide bonds. The second-order valence-corrected chi connectivity index (χ2v) is 8.98. The van der Waals surface area contributed by atoms with Crippen molar-refractivity contribution in [3.8, 4) is 0 Å². The molecule has 0 fully saturated rings. The van der Waals surface area contributed by atoms with Crippen LogP contribution in [0.3, 0.4) is 0 Å². The minimum atomic E-state index is 0.341. The van der Waals surface area contributed by atoms with Gasteiger partial charge in [0.15, 0.2) is 4.77 Å². The van der Waals surface area contributed by atoms with Crippen LogP contribution in [0, 0.1) is 32.5 Å². The average Bonchev–Trinajstić information content (AvgIpc) is 3.40. The molecule has 0 radical (unpaired) electrons. The van der Waals surface area contributed by atoms with Crippen molar-refractivity contribution in [1.29, 1.82) is 0 Å². The van der Waals surface area contributed by atoms with Crippen molar-refractivity contribution < 1.29 is 0 Å². The Morgan fingerprint density at radius 2 is 1.41 bits per heavy atom. The number of imidazole rings is 1. The van der Waals surface area contributed by atoms with Crippen LogP contribution in [0.25, 0.3) is 0 Å². The van der Waals surface area contributed by atoms with Crippen molar-refractivity contribution in [2.24, 2.45) is 0 Å². The van der Waals surface area contributed by atoms with Crippen LogP contribution in [0.5, 0.6) is 0 Å². The van der Waals surface area contributed by atoms with Gasteiger partial charge >= 0.3 is 0 Å². The zero-order valence-electron chi connectivity index (χ0n) is 19.9. The molecule has 32 heavy (non-hydrogen) atoms. The summed E-state index contributed by atoms with van der Waals surface area (Å²) >= 11 is 5.05. The van der Waals surface area contributed by atoms with E-state index in [1.807, 2.05) is 12.4 Å². The molecule has 4 N–H and O–H groups in total. The van der Waals surface area contributed by atoms with Crippen molar-refractivity contribution in [3.63, 3.8) is 0 Å². The minimum Gasteiger partial charge on any atom is -0.347 e. The van der Waals surface area contributed by atoms with Crippen LogP contribution in [0.15, 0.2) is 66.9 Å². The van der Waals surface area contributed by atoms with Gasteiger partial charge in [0.05, 0.1) is 5.82 Å². The number of allylic oxidation sites excluding steroid dienone is 1. The van der Waals surface area contributed by atoms with Crippen molar-refractivity contribution in [2.75, 3.05) is 0 Å². The highest BCUT2D eigenvalue weighted by Crippen LogP contribution is 2.28. The third-order valence-electron chi connectivity index (χ3n) is 6.47. The molecule has 1 aromatic heterocycles. The number of aromatic amines is 2. The van der Waals surface area contributed by atoms with Crippen LogP contribution < -0.4 is 10.6 Å². The van der Waals surface area contributed by atoms with Crippen molar-refractivity contribution >= 4 is 12.2 Å². The summed E-state index contributed by atoms with van der Waals surface area (Å²) in [5.74, 6) is 1.56. The fraction of sp³-hybridized carbons (Fsp3) is 0.296. The molecule has 2 aromatic carbocycles. The quantitative estimate of drug-likeness (QED) is 0.335. The zero-order chi connectivity index (χ0) is 23.4. The van der Waals surface area contributed by atoms with Gasteiger partial charge in [-0.25, -0.2) is 0 Å². The lowest BCUT2D eigenvalue weighted by Gasteiger charge is -2.17. The number of aryl methyl sites for hydroxylation is 2. The second-order valence-electron chi connectivity index (χ2n) is 8.57. The van der Waals surface area contributed by atoms with Crippen molar-refractivity contribution in [3.05, 3.63) is 111 Å². The van der Waals surface area contributed by atoms with Crippen LogP contribution in [-0.4, -0.2) is 9.97 Å². The summed E-state index contributed by atoms with van der Waals surface area (Å²) in [5, 5.41) is 6.34. The molecule has 2 atom stereocenters. The molecule has 0 spiro atoms. The number of benzene rings is 2. The normalized spacial score (nSPS) is 14.6. The lowest BCUT2D eigenvalue weighted by Crippen LogP contribution is -2.14. The molecule has 0 saturated carbocycles. The summed E-state index contributed by atoms with van der Waals surface area (Å²) in [5.41, 5.74) is 10.4. The van der Waals surface area contributed by atoms with E-state index in [1.54, 1.807) is 0 Å². The number of hydrogen-bond donors (Lipinski definition) is 4. The van der Waals surface area contributed by atoms with Gasteiger partial charge in [-0.2, -0.15) is 0 Å². The van der Waals surface area contributed by atoms with E-state index in [-0.39, 0.29) is 0 Å². The Bertz CT molecular complexity index is 1200. The first-order chi connectivity index (χ1) is 15.2. The Kier molecular flexibility index (Phi) is 7.41. The van der Waals surface area contributed by atoms with E-state index in [2.05, 4.69) is 105 Å². The van der Waals surface area contributed by atoms with Gasteiger partial charge in [-0.3, -0.25) is 0 Å². The van der Waals surface area contributed by atoms with Crippen LogP contribution in [0.1, 0.15) is 64.8 Å². The molecule has 1 aliphatic rings. The first kappa shape index (κ1) is 23.6. The molecule has 4 rings (SSSR count). The summed E-state index contributed by atoms with van der Waals surface area (Å²) in [6.45, 7) is 16.9.